The third kappa shape index (κ3) is 4.15. The molecule has 1 aromatic rings. The van der Waals surface area contributed by atoms with E-state index < -0.39 is 5.60 Å². The fourth-order valence-corrected chi connectivity index (χ4v) is 1.85. The van der Waals surface area contributed by atoms with Gasteiger partial charge in [0, 0.05) is 6.04 Å². The molecule has 18 heavy (non-hydrogen) atoms. The van der Waals surface area contributed by atoms with Gasteiger partial charge in [0.25, 0.3) is 0 Å². The van der Waals surface area contributed by atoms with Crippen LogP contribution in [0, 0.1) is 13.8 Å². The van der Waals surface area contributed by atoms with Crippen LogP contribution in [0.15, 0.2) is 18.2 Å². The minimum Gasteiger partial charge on any atom is -0.460 e. The van der Waals surface area contributed by atoms with E-state index in [1.807, 2.05) is 52.8 Å². The van der Waals surface area contributed by atoms with Crippen molar-refractivity contribution < 1.29 is 9.53 Å². The van der Waals surface area contributed by atoms with Crippen LogP contribution in [0.4, 0.5) is 0 Å². The molecule has 1 aromatic carbocycles. The molecule has 0 saturated carbocycles. The molecule has 0 aliphatic rings. The average molecular weight is 249 g/mol. The van der Waals surface area contributed by atoms with Crippen molar-refractivity contribution in [3.63, 3.8) is 0 Å². The molecular formula is C15H23NO2. The van der Waals surface area contributed by atoms with Crippen LogP contribution in [-0.2, 0) is 9.53 Å². The number of carbonyl (C=O) groups excluding carboxylic acids is 1. The van der Waals surface area contributed by atoms with E-state index in [-0.39, 0.29) is 18.4 Å². The predicted octanol–water partition coefficient (Wildman–Crippen LogP) is 3.04. The van der Waals surface area contributed by atoms with E-state index in [4.69, 9.17) is 10.5 Å². The molecule has 0 saturated heterocycles. The number of aryl methyl sites for hydroxylation is 1. The molecule has 1 rings (SSSR count). The maximum atomic E-state index is 11.7. The van der Waals surface area contributed by atoms with Crippen LogP contribution in [-0.4, -0.2) is 11.6 Å². The molecule has 1 atom stereocenters. The predicted molar refractivity (Wildman–Crippen MR) is 73.3 cm³/mol. The summed E-state index contributed by atoms with van der Waals surface area (Å²) in [6.07, 6.45) is 0.210. The van der Waals surface area contributed by atoms with Crippen molar-refractivity contribution in [2.45, 2.75) is 52.7 Å². The Morgan fingerprint density at radius 2 is 1.94 bits per heavy atom. The van der Waals surface area contributed by atoms with Crippen LogP contribution < -0.4 is 5.73 Å². The summed E-state index contributed by atoms with van der Waals surface area (Å²) in [5.74, 6) is -0.254. The third-order valence-corrected chi connectivity index (χ3v) is 2.85. The van der Waals surface area contributed by atoms with Gasteiger partial charge in [0.2, 0.25) is 0 Å². The Bertz CT molecular complexity index is 433. The number of carbonyl (C=O) groups is 1. The summed E-state index contributed by atoms with van der Waals surface area (Å²) in [7, 11) is 0. The maximum Gasteiger partial charge on any atom is 0.308 e. The molecule has 0 heterocycles. The lowest BCUT2D eigenvalue weighted by Gasteiger charge is -2.21. The SMILES string of the molecule is Cc1cccc(C(N)CC(=O)OC(C)(C)C)c1C. The van der Waals surface area contributed by atoms with E-state index in [9.17, 15) is 4.79 Å². The molecule has 1 unspecified atom stereocenters. The highest BCUT2D eigenvalue weighted by atomic mass is 16.6. The van der Waals surface area contributed by atoms with Crippen LogP contribution in [0.2, 0.25) is 0 Å². The van der Waals surface area contributed by atoms with Gasteiger partial charge in [-0.05, 0) is 51.3 Å². The quantitative estimate of drug-likeness (QED) is 0.838. The van der Waals surface area contributed by atoms with Gasteiger partial charge in [-0.1, -0.05) is 18.2 Å². The van der Waals surface area contributed by atoms with E-state index >= 15 is 0 Å². The van der Waals surface area contributed by atoms with Crippen molar-refractivity contribution in [1.29, 1.82) is 0 Å². The van der Waals surface area contributed by atoms with Crippen LogP contribution in [0.25, 0.3) is 0 Å². The summed E-state index contributed by atoms with van der Waals surface area (Å²) in [5.41, 5.74) is 8.97. The number of nitrogens with two attached hydrogens (primary N) is 1. The van der Waals surface area contributed by atoms with Gasteiger partial charge in [-0.2, -0.15) is 0 Å². The Labute approximate surface area is 109 Å². The summed E-state index contributed by atoms with van der Waals surface area (Å²) in [6, 6.07) is 5.67. The van der Waals surface area contributed by atoms with Crippen LogP contribution >= 0.6 is 0 Å². The Balaban J connectivity index is 2.74. The van der Waals surface area contributed by atoms with Crippen molar-refractivity contribution in [3.8, 4) is 0 Å². The minimum absolute atomic E-state index is 0.210. The zero-order chi connectivity index (χ0) is 13.9. The first-order chi connectivity index (χ1) is 8.20. The molecule has 100 valence electrons. The van der Waals surface area contributed by atoms with Crippen LogP contribution in [0.1, 0.15) is 49.9 Å². The van der Waals surface area contributed by atoms with Crippen LogP contribution in [0.3, 0.4) is 0 Å². The Morgan fingerprint density at radius 3 is 2.50 bits per heavy atom. The molecule has 2 N–H and O–H groups in total. The molecule has 0 aliphatic carbocycles. The van der Waals surface area contributed by atoms with Gasteiger partial charge in [0.1, 0.15) is 5.60 Å². The molecule has 0 amide bonds. The lowest BCUT2D eigenvalue weighted by atomic mass is 9.96. The highest BCUT2D eigenvalue weighted by Gasteiger charge is 2.20. The Hall–Kier alpha value is -1.35. The fourth-order valence-electron chi connectivity index (χ4n) is 1.85. The minimum atomic E-state index is -0.460. The van der Waals surface area contributed by atoms with Crippen LogP contribution in [0.5, 0.6) is 0 Å². The fraction of sp³-hybridized carbons (Fsp3) is 0.533. The number of ether oxygens (including phenoxy) is 1. The second-order valence-electron chi connectivity index (χ2n) is 5.69. The number of hydrogen-bond acceptors (Lipinski definition) is 3. The van der Waals surface area contributed by atoms with E-state index in [0.29, 0.717) is 0 Å². The first-order valence-electron chi connectivity index (χ1n) is 6.24. The van der Waals surface area contributed by atoms with Gasteiger partial charge in [0.15, 0.2) is 0 Å². The summed E-state index contributed by atoms with van der Waals surface area (Å²) < 4.78 is 5.28. The van der Waals surface area contributed by atoms with Crippen molar-refractivity contribution in [3.05, 3.63) is 34.9 Å². The first kappa shape index (κ1) is 14.7. The summed E-state index contributed by atoms with van der Waals surface area (Å²) in [6.45, 7) is 9.63. The zero-order valence-corrected chi connectivity index (χ0v) is 11.9. The number of hydrogen-bond donors (Lipinski definition) is 1. The van der Waals surface area contributed by atoms with Crippen molar-refractivity contribution in [1.82, 2.24) is 0 Å². The topological polar surface area (TPSA) is 52.3 Å². The Kier molecular flexibility index (Phi) is 4.52. The smallest absolute Gasteiger partial charge is 0.308 e. The molecule has 0 bridgehead atoms. The molecule has 0 aliphatic heterocycles. The van der Waals surface area contributed by atoms with Gasteiger partial charge in [-0.15, -0.1) is 0 Å². The largest absolute Gasteiger partial charge is 0.460 e. The Morgan fingerprint density at radius 1 is 1.33 bits per heavy atom. The van der Waals surface area contributed by atoms with Crippen molar-refractivity contribution in [2.24, 2.45) is 5.73 Å². The molecule has 3 nitrogen and oxygen atoms in total. The molecular weight excluding hydrogens is 226 g/mol. The summed E-state index contributed by atoms with van der Waals surface area (Å²) in [4.78, 5) is 11.7. The average Bonchev–Trinajstić information content (AvgIpc) is 2.18. The highest BCUT2D eigenvalue weighted by molar-refractivity contribution is 5.71. The first-order valence-corrected chi connectivity index (χ1v) is 6.24. The lowest BCUT2D eigenvalue weighted by molar-refractivity contribution is -0.155. The lowest BCUT2D eigenvalue weighted by Crippen LogP contribution is -2.26. The highest BCUT2D eigenvalue weighted by Crippen LogP contribution is 2.22. The van der Waals surface area contributed by atoms with E-state index in [2.05, 4.69) is 0 Å². The van der Waals surface area contributed by atoms with E-state index in [1.165, 1.54) is 5.56 Å². The van der Waals surface area contributed by atoms with Gasteiger partial charge >= 0.3 is 5.97 Å². The van der Waals surface area contributed by atoms with Gasteiger partial charge in [-0.25, -0.2) is 0 Å². The molecule has 0 aromatic heterocycles. The monoisotopic (exact) mass is 249 g/mol. The second-order valence-corrected chi connectivity index (χ2v) is 5.69. The summed E-state index contributed by atoms with van der Waals surface area (Å²) in [5, 5.41) is 0. The molecule has 3 heteroatoms. The van der Waals surface area contributed by atoms with Crippen molar-refractivity contribution >= 4 is 5.97 Å². The maximum absolute atomic E-state index is 11.7. The number of benzene rings is 1. The molecule has 0 spiro atoms. The second kappa shape index (κ2) is 5.53. The standard InChI is InChI=1S/C15H23NO2/c1-10-7-6-8-12(11(10)2)13(16)9-14(17)18-15(3,4)5/h6-8,13H,9,16H2,1-5H3. The van der Waals surface area contributed by atoms with E-state index in [1.54, 1.807) is 0 Å². The van der Waals surface area contributed by atoms with Gasteiger partial charge < -0.3 is 10.5 Å². The zero-order valence-electron chi connectivity index (χ0n) is 11.9. The van der Waals surface area contributed by atoms with E-state index in [0.717, 1.165) is 11.1 Å². The molecule has 0 fully saturated rings. The normalized spacial score (nSPS) is 13.2. The van der Waals surface area contributed by atoms with Gasteiger partial charge in [0.05, 0.1) is 6.42 Å². The summed E-state index contributed by atoms with van der Waals surface area (Å²) >= 11 is 0. The third-order valence-electron chi connectivity index (χ3n) is 2.85. The molecule has 0 radical (unpaired) electrons. The number of rotatable bonds is 3. The number of esters is 1. The van der Waals surface area contributed by atoms with Crippen molar-refractivity contribution in [2.75, 3.05) is 0 Å². The van der Waals surface area contributed by atoms with Gasteiger partial charge in [-0.3, -0.25) is 4.79 Å².